The Bertz CT molecular complexity index is 1110. The van der Waals surface area contributed by atoms with Crippen LogP contribution < -0.4 is 5.56 Å². The molecule has 0 aliphatic carbocycles. The van der Waals surface area contributed by atoms with Crippen molar-refractivity contribution in [3.8, 4) is 0 Å². The van der Waals surface area contributed by atoms with Crippen LogP contribution in [0.3, 0.4) is 0 Å². The van der Waals surface area contributed by atoms with Crippen LogP contribution in [-0.4, -0.2) is 59.4 Å². The van der Waals surface area contributed by atoms with E-state index in [2.05, 4.69) is 9.97 Å². The van der Waals surface area contributed by atoms with Gasteiger partial charge in [-0.05, 0) is 24.8 Å². The summed E-state index contributed by atoms with van der Waals surface area (Å²) in [6.07, 6.45) is 4.48. The minimum absolute atomic E-state index is 0.0136. The standard InChI is InChI=1S/C22H28N4O4S/c1-31(29,30)26-13-11-19-18(15-26)22(28)24-21(23-19)17-8-5-12-25(14-17)20(27)10-9-16-6-3-2-4-7-16/h2-4,6-7,17H,5,8-15H2,1H3,(H,23,24,28)/t17-/m0/s1. The lowest BCUT2D eigenvalue weighted by Gasteiger charge is -2.33. The quantitative estimate of drug-likeness (QED) is 0.751. The Labute approximate surface area is 182 Å². The van der Waals surface area contributed by atoms with Crippen molar-refractivity contribution in [2.75, 3.05) is 25.9 Å². The fraction of sp³-hybridized carbons (Fsp3) is 0.500. The largest absolute Gasteiger partial charge is 0.342 e. The fourth-order valence-electron chi connectivity index (χ4n) is 4.38. The number of aryl methyl sites for hydroxylation is 1. The number of amides is 1. The Morgan fingerprint density at radius 1 is 1.23 bits per heavy atom. The van der Waals surface area contributed by atoms with E-state index < -0.39 is 10.0 Å². The van der Waals surface area contributed by atoms with Crippen molar-refractivity contribution in [1.29, 1.82) is 0 Å². The number of nitrogens with one attached hydrogen (secondary N) is 1. The van der Waals surface area contributed by atoms with Crippen LogP contribution in [0.5, 0.6) is 0 Å². The van der Waals surface area contributed by atoms with Crippen LogP contribution in [0.1, 0.15) is 47.8 Å². The molecule has 2 aliphatic heterocycles. The third kappa shape index (κ3) is 5.04. The Hall–Kier alpha value is -2.52. The van der Waals surface area contributed by atoms with Gasteiger partial charge in [0, 0.05) is 44.9 Å². The minimum atomic E-state index is -3.35. The van der Waals surface area contributed by atoms with Gasteiger partial charge in [-0.25, -0.2) is 13.4 Å². The summed E-state index contributed by atoms with van der Waals surface area (Å²) in [6, 6.07) is 9.97. The number of piperidine rings is 1. The molecule has 0 radical (unpaired) electrons. The number of rotatable bonds is 5. The topological polar surface area (TPSA) is 103 Å². The molecule has 0 spiro atoms. The number of nitrogens with zero attached hydrogens (tertiary/aromatic N) is 3. The third-order valence-electron chi connectivity index (χ3n) is 6.15. The Balaban J connectivity index is 1.44. The summed E-state index contributed by atoms with van der Waals surface area (Å²) < 4.78 is 24.9. The first-order valence-corrected chi connectivity index (χ1v) is 12.5. The maximum Gasteiger partial charge on any atom is 0.255 e. The summed E-state index contributed by atoms with van der Waals surface area (Å²) in [4.78, 5) is 34.9. The number of likely N-dealkylation sites (tertiary alicyclic amines) is 1. The predicted octanol–water partition coefficient (Wildman–Crippen LogP) is 1.43. The second kappa shape index (κ2) is 8.92. The minimum Gasteiger partial charge on any atom is -0.342 e. The van der Waals surface area contributed by atoms with E-state index in [4.69, 9.17) is 0 Å². The molecule has 4 rings (SSSR count). The number of aromatic nitrogens is 2. The zero-order chi connectivity index (χ0) is 22.0. The lowest BCUT2D eigenvalue weighted by molar-refractivity contribution is -0.132. The van der Waals surface area contributed by atoms with Crippen molar-refractivity contribution in [3.05, 3.63) is 63.3 Å². The molecule has 8 nitrogen and oxygen atoms in total. The number of hydrogen-bond donors (Lipinski definition) is 1. The van der Waals surface area contributed by atoms with E-state index in [1.807, 2.05) is 35.2 Å². The summed E-state index contributed by atoms with van der Waals surface area (Å²) in [6.45, 7) is 1.66. The van der Waals surface area contributed by atoms with Crippen LogP contribution >= 0.6 is 0 Å². The highest BCUT2D eigenvalue weighted by Gasteiger charge is 2.30. The second-order valence-corrected chi connectivity index (χ2v) is 10.4. The number of benzene rings is 1. The van der Waals surface area contributed by atoms with Gasteiger partial charge in [0.1, 0.15) is 5.82 Å². The Morgan fingerprint density at radius 3 is 2.74 bits per heavy atom. The maximum absolute atomic E-state index is 12.7. The van der Waals surface area contributed by atoms with Crippen LogP contribution in [-0.2, 0) is 34.2 Å². The lowest BCUT2D eigenvalue weighted by atomic mass is 9.96. The summed E-state index contributed by atoms with van der Waals surface area (Å²) in [5.74, 6) is 0.718. The van der Waals surface area contributed by atoms with E-state index in [9.17, 15) is 18.0 Å². The van der Waals surface area contributed by atoms with Crippen molar-refractivity contribution >= 4 is 15.9 Å². The summed E-state index contributed by atoms with van der Waals surface area (Å²) in [5, 5.41) is 0. The second-order valence-electron chi connectivity index (χ2n) is 8.39. The van der Waals surface area contributed by atoms with Crippen molar-refractivity contribution in [2.45, 2.75) is 44.6 Å². The molecule has 166 valence electrons. The zero-order valence-corrected chi connectivity index (χ0v) is 18.5. The monoisotopic (exact) mass is 444 g/mol. The summed E-state index contributed by atoms with van der Waals surface area (Å²) >= 11 is 0. The van der Waals surface area contributed by atoms with E-state index in [0.29, 0.717) is 49.4 Å². The average Bonchev–Trinajstić information content (AvgIpc) is 2.77. The van der Waals surface area contributed by atoms with E-state index in [1.165, 1.54) is 4.31 Å². The lowest BCUT2D eigenvalue weighted by Crippen LogP contribution is -2.42. The molecule has 0 unspecified atom stereocenters. The molecule has 2 aromatic rings. The van der Waals surface area contributed by atoms with Gasteiger partial charge in [0.15, 0.2) is 0 Å². The van der Waals surface area contributed by atoms with Gasteiger partial charge < -0.3 is 9.88 Å². The molecule has 1 amide bonds. The highest BCUT2D eigenvalue weighted by Crippen LogP contribution is 2.26. The molecule has 3 heterocycles. The number of hydrogen-bond acceptors (Lipinski definition) is 5. The zero-order valence-electron chi connectivity index (χ0n) is 17.7. The number of sulfonamides is 1. The van der Waals surface area contributed by atoms with Crippen molar-refractivity contribution in [1.82, 2.24) is 19.2 Å². The van der Waals surface area contributed by atoms with Crippen molar-refractivity contribution in [2.24, 2.45) is 0 Å². The Kier molecular flexibility index (Phi) is 6.24. The summed E-state index contributed by atoms with van der Waals surface area (Å²) in [5.41, 5.74) is 1.97. The van der Waals surface area contributed by atoms with Crippen LogP contribution in [0.2, 0.25) is 0 Å². The Morgan fingerprint density at radius 2 is 2.00 bits per heavy atom. The molecular formula is C22H28N4O4S. The molecule has 0 bridgehead atoms. The van der Waals surface area contributed by atoms with Crippen LogP contribution in [0.15, 0.2) is 35.1 Å². The molecule has 1 fully saturated rings. The molecule has 1 saturated heterocycles. The molecule has 9 heteroatoms. The van der Waals surface area contributed by atoms with Gasteiger partial charge in [0.25, 0.3) is 5.56 Å². The fourth-order valence-corrected chi connectivity index (χ4v) is 5.16. The van der Waals surface area contributed by atoms with Gasteiger partial charge in [0.05, 0.1) is 17.5 Å². The first kappa shape index (κ1) is 21.7. The molecule has 2 aliphatic rings. The van der Waals surface area contributed by atoms with Crippen LogP contribution in [0.4, 0.5) is 0 Å². The van der Waals surface area contributed by atoms with Gasteiger partial charge in [-0.2, -0.15) is 4.31 Å². The maximum atomic E-state index is 12.7. The molecule has 1 aromatic carbocycles. The molecular weight excluding hydrogens is 416 g/mol. The number of carbonyl (C=O) groups is 1. The number of carbonyl (C=O) groups excluding carboxylic acids is 1. The SMILES string of the molecule is CS(=O)(=O)N1CCc2nc([C@H]3CCCN(C(=O)CCc4ccccc4)C3)[nH]c(=O)c2C1. The highest BCUT2D eigenvalue weighted by atomic mass is 32.2. The first-order valence-electron chi connectivity index (χ1n) is 10.7. The van der Waals surface area contributed by atoms with E-state index in [-0.39, 0.29) is 23.9 Å². The third-order valence-corrected chi connectivity index (χ3v) is 7.40. The normalized spacial score (nSPS) is 19.8. The predicted molar refractivity (Wildman–Crippen MR) is 117 cm³/mol. The van der Waals surface area contributed by atoms with Gasteiger partial charge in [0.2, 0.25) is 15.9 Å². The molecule has 31 heavy (non-hydrogen) atoms. The molecule has 1 aromatic heterocycles. The van der Waals surface area contributed by atoms with Gasteiger partial charge in [-0.1, -0.05) is 30.3 Å². The highest BCUT2D eigenvalue weighted by molar-refractivity contribution is 7.88. The van der Waals surface area contributed by atoms with Gasteiger partial charge in [-0.3, -0.25) is 9.59 Å². The van der Waals surface area contributed by atoms with E-state index in [0.717, 1.165) is 31.2 Å². The average molecular weight is 445 g/mol. The van der Waals surface area contributed by atoms with Crippen molar-refractivity contribution < 1.29 is 13.2 Å². The molecule has 1 N–H and O–H groups in total. The van der Waals surface area contributed by atoms with Crippen molar-refractivity contribution in [3.63, 3.8) is 0 Å². The van der Waals surface area contributed by atoms with E-state index >= 15 is 0 Å². The summed E-state index contributed by atoms with van der Waals surface area (Å²) in [7, 11) is -3.35. The van der Waals surface area contributed by atoms with Crippen LogP contribution in [0.25, 0.3) is 0 Å². The van der Waals surface area contributed by atoms with Crippen LogP contribution in [0, 0.1) is 0 Å². The smallest absolute Gasteiger partial charge is 0.255 e. The molecule has 1 atom stereocenters. The number of H-pyrrole nitrogens is 1. The number of aromatic amines is 1. The molecule has 0 saturated carbocycles. The first-order chi connectivity index (χ1) is 14.8. The number of fused-ring (bicyclic) bond motifs is 1. The van der Waals surface area contributed by atoms with Gasteiger partial charge >= 0.3 is 0 Å². The van der Waals surface area contributed by atoms with Gasteiger partial charge in [-0.15, -0.1) is 0 Å². The van der Waals surface area contributed by atoms with E-state index in [1.54, 1.807) is 0 Å².